The lowest BCUT2D eigenvalue weighted by Gasteiger charge is -2.44. The molecule has 2 heterocycles. The Hall–Kier alpha value is -1.40. The molecule has 4 aliphatic rings. The second-order valence-electron chi connectivity index (χ2n) is 7.56. The number of carbonyl (C=O) groups excluding carboxylic acids is 2. The van der Waals surface area contributed by atoms with Gasteiger partial charge in [0, 0.05) is 22.8 Å². The molecule has 0 aromatic rings. The van der Waals surface area contributed by atoms with Crippen molar-refractivity contribution in [3.05, 3.63) is 11.6 Å². The van der Waals surface area contributed by atoms with Gasteiger partial charge in [-0.2, -0.15) is 0 Å². The van der Waals surface area contributed by atoms with E-state index in [4.69, 9.17) is 14.2 Å². The van der Waals surface area contributed by atoms with Gasteiger partial charge in [0.05, 0.1) is 26.4 Å². The molecule has 0 amide bonds. The second-order valence-corrected chi connectivity index (χ2v) is 7.56. The van der Waals surface area contributed by atoms with Gasteiger partial charge in [-0.05, 0) is 11.8 Å². The monoisotopic (exact) mass is 308 g/mol. The average molecular weight is 308 g/mol. The molecule has 120 valence electrons. The van der Waals surface area contributed by atoms with Crippen molar-refractivity contribution in [1.29, 1.82) is 0 Å². The van der Waals surface area contributed by atoms with Crippen LogP contribution in [0.15, 0.2) is 11.6 Å². The summed E-state index contributed by atoms with van der Waals surface area (Å²) < 4.78 is 15.8. The standard InChI is InChI=1S/C16H20O6/c1-14(2)6-15-9(11(14)17)4-8(12(18)20-3)10(15)5-21-13(19)16(15)7-22-16/h4,9-11,17H,5-7H2,1-3H3/t9-,10+,11-,15-,16-/m1/s1. The molecule has 2 spiro atoms. The molecule has 5 atom stereocenters. The maximum absolute atomic E-state index is 12.4. The van der Waals surface area contributed by atoms with E-state index in [1.807, 2.05) is 13.8 Å². The van der Waals surface area contributed by atoms with E-state index in [1.165, 1.54) is 7.11 Å². The highest BCUT2D eigenvalue weighted by Gasteiger charge is 2.81. The molecular weight excluding hydrogens is 288 g/mol. The highest BCUT2D eigenvalue weighted by atomic mass is 16.6. The molecule has 6 heteroatoms. The maximum atomic E-state index is 12.4. The third-order valence-electron chi connectivity index (χ3n) is 6.16. The topological polar surface area (TPSA) is 85.4 Å². The number of cyclic esters (lactones) is 1. The zero-order valence-corrected chi connectivity index (χ0v) is 12.9. The minimum atomic E-state index is -1.01. The zero-order valence-electron chi connectivity index (χ0n) is 12.9. The summed E-state index contributed by atoms with van der Waals surface area (Å²) in [5.74, 6) is -1.35. The van der Waals surface area contributed by atoms with Crippen LogP contribution >= 0.6 is 0 Å². The number of epoxide rings is 1. The number of ether oxygens (including phenoxy) is 3. The molecule has 0 unspecified atom stereocenters. The van der Waals surface area contributed by atoms with E-state index in [9.17, 15) is 14.7 Å². The van der Waals surface area contributed by atoms with Crippen molar-refractivity contribution < 1.29 is 28.9 Å². The van der Waals surface area contributed by atoms with Gasteiger partial charge in [0.2, 0.25) is 0 Å². The summed E-state index contributed by atoms with van der Waals surface area (Å²) in [6.07, 6.45) is 1.77. The van der Waals surface area contributed by atoms with Crippen molar-refractivity contribution >= 4 is 11.9 Å². The van der Waals surface area contributed by atoms with Crippen LogP contribution in [0.25, 0.3) is 0 Å². The van der Waals surface area contributed by atoms with E-state index >= 15 is 0 Å². The van der Waals surface area contributed by atoms with Crippen LogP contribution in [-0.4, -0.2) is 49.1 Å². The molecule has 6 nitrogen and oxygen atoms in total. The van der Waals surface area contributed by atoms with E-state index in [-0.39, 0.29) is 29.8 Å². The number of esters is 2. The Morgan fingerprint density at radius 2 is 2.14 bits per heavy atom. The number of hydrogen-bond acceptors (Lipinski definition) is 6. The minimum Gasteiger partial charge on any atom is -0.466 e. The normalized spacial score (nSPS) is 47.5. The number of methoxy groups -OCH3 is 1. The van der Waals surface area contributed by atoms with Crippen LogP contribution in [0.1, 0.15) is 20.3 Å². The molecule has 0 aromatic carbocycles. The molecule has 1 N–H and O–H groups in total. The Kier molecular flexibility index (Phi) is 2.53. The van der Waals surface area contributed by atoms with Crippen LogP contribution < -0.4 is 0 Å². The zero-order chi connectivity index (χ0) is 15.9. The van der Waals surface area contributed by atoms with Crippen LogP contribution in [0.4, 0.5) is 0 Å². The van der Waals surface area contributed by atoms with Gasteiger partial charge in [-0.3, -0.25) is 0 Å². The van der Waals surface area contributed by atoms with Gasteiger partial charge in [0.1, 0.15) is 0 Å². The average Bonchev–Trinajstić information content (AvgIpc) is 3.17. The Balaban J connectivity index is 1.88. The fourth-order valence-electron chi connectivity index (χ4n) is 5.11. The van der Waals surface area contributed by atoms with E-state index in [1.54, 1.807) is 6.08 Å². The third-order valence-corrected chi connectivity index (χ3v) is 6.16. The van der Waals surface area contributed by atoms with Crippen molar-refractivity contribution in [2.75, 3.05) is 20.3 Å². The van der Waals surface area contributed by atoms with Gasteiger partial charge in [-0.1, -0.05) is 19.9 Å². The molecule has 3 fully saturated rings. The summed E-state index contributed by atoms with van der Waals surface area (Å²) in [7, 11) is 1.34. The minimum absolute atomic E-state index is 0.143. The maximum Gasteiger partial charge on any atom is 0.341 e. The molecule has 0 bridgehead atoms. The number of rotatable bonds is 1. The Bertz CT molecular complexity index is 602. The quantitative estimate of drug-likeness (QED) is 0.559. The third kappa shape index (κ3) is 1.34. The van der Waals surface area contributed by atoms with Gasteiger partial charge in [-0.15, -0.1) is 0 Å². The van der Waals surface area contributed by atoms with Crippen molar-refractivity contribution in [1.82, 2.24) is 0 Å². The largest absolute Gasteiger partial charge is 0.466 e. The molecule has 22 heavy (non-hydrogen) atoms. The first kappa shape index (κ1) is 14.2. The Morgan fingerprint density at radius 1 is 1.45 bits per heavy atom. The SMILES string of the molecule is COC(=O)C1=C[C@@H]2[C@@H](O)C(C)(C)C[C@]23[C@H]1COC(=O)[C@]31CO1. The van der Waals surface area contributed by atoms with Crippen LogP contribution in [-0.2, 0) is 23.8 Å². The predicted molar refractivity (Wildman–Crippen MR) is 73.6 cm³/mol. The fraction of sp³-hybridized carbons (Fsp3) is 0.750. The van der Waals surface area contributed by atoms with Crippen molar-refractivity contribution in [3.8, 4) is 0 Å². The van der Waals surface area contributed by atoms with Crippen LogP contribution in [0, 0.1) is 22.7 Å². The van der Waals surface area contributed by atoms with Gasteiger partial charge < -0.3 is 19.3 Å². The van der Waals surface area contributed by atoms with Crippen molar-refractivity contribution in [2.45, 2.75) is 32.0 Å². The molecule has 4 rings (SSSR count). The van der Waals surface area contributed by atoms with E-state index in [0.717, 1.165) is 0 Å². The van der Waals surface area contributed by atoms with Crippen LogP contribution in [0.3, 0.4) is 0 Å². The number of hydrogen-bond donors (Lipinski definition) is 1. The summed E-state index contributed by atoms with van der Waals surface area (Å²) in [5.41, 5.74) is -1.46. The van der Waals surface area contributed by atoms with Gasteiger partial charge in [0.15, 0.2) is 5.60 Å². The summed E-state index contributed by atoms with van der Waals surface area (Å²) in [6, 6.07) is 0. The Morgan fingerprint density at radius 3 is 2.73 bits per heavy atom. The lowest BCUT2D eigenvalue weighted by atomic mass is 9.61. The fourth-order valence-corrected chi connectivity index (χ4v) is 5.11. The molecule has 0 radical (unpaired) electrons. The molecule has 1 saturated carbocycles. The van der Waals surface area contributed by atoms with E-state index in [0.29, 0.717) is 18.6 Å². The van der Waals surface area contributed by atoms with Gasteiger partial charge in [-0.25, -0.2) is 9.59 Å². The lowest BCUT2D eigenvalue weighted by Crippen LogP contribution is -2.57. The molecule has 0 aromatic heterocycles. The van der Waals surface area contributed by atoms with E-state index in [2.05, 4.69) is 0 Å². The number of carbonyl (C=O) groups is 2. The van der Waals surface area contributed by atoms with Crippen LogP contribution in [0.2, 0.25) is 0 Å². The highest BCUT2D eigenvalue weighted by molar-refractivity contribution is 5.93. The number of aliphatic hydroxyl groups excluding tert-OH is 1. The van der Waals surface area contributed by atoms with Crippen molar-refractivity contribution in [2.24, 2.45) is 22.7 Å². The lowest BCUT2D eigenvalue weighted by molar-refractivity contribution is -0.175. The first-order valence-electron chi connectivity index (χ1n) is 7.59. The second kappa shape index (κ2) is 3.92. The van der Waals surface area contributed by atoms with Crippen LogP contribution in [0.5, 0.6) is 0 Å². The molecule has 2 saturated heterocycles. The van der Waals surface area contributed by atoms with E-state index < -0.39 is 23.1 Å². The van der Waals surface area contributed by atoms with Gasteiger partial charge >= 0.3 is 11.9 Å². The summed E-state index contributed by atoms with van der Waals surface area (Å²) in [5, 5.41) is 10.8. The number of aliphatic hydroxyl groups is 1. The molecular formula is C16H20O6. The Labute approximate surface area is 128 Å². The molecule has 2 aliphatic heterocycles. The van der Waals surface area contributed by atoms with Crippen molar-refractivity contribution in [3.63, 3.8) is 0 Å². The summed E-state index contributed by atoms with van der Waals surface area (Å²) in [6.45, 7) is 4.42. The highest BCUT2D eigenvalue weighted by Crippen LogP contribution is 2.71. The first-order valence-corrected chi connectivity index (χ1v) is 7.59. The summed E-state index contributed by atoms with van der Waals surface area (Å²) in [4.78, 5) is 24.5. The first-order chi connectivity index (χ1) is 10.3. The smallest absolute Gasteiger partial charge is 0.341 e. The molecule has 2 aliphatic carbocycles. The predicted octanol–water partition coefficient (Wildman–Crippen LogP) is 0.435. The summed E-state index contributed by atoms with van der Waals surface area (Å²) >= 11 is 0. The van der Waals surface area contributed by atoms with Gasteiger partial charge in [0.25, 0.3) is 0 Å².